The molecular weight excluding hydrogens is 228 g/mol. The fraction of sp³-hybridized carbons (Fsp3) is 0.600. The summed E-state index contributed by atoms with van der Waals surface area (Å²) in [5.41, 5.74) is 0.956. The van der Waals surface area contributed by atoms with Gasteiger partial charge in [0.15, 0.2) is 0 Å². The van der Waals surface area contributed by atoms with Crippen molar-refractivity contribution in [3.05, 3.63) is 29.8 Å². The number of hydrogen-bond acceptors (Lipinski definition) is 3. The summed E-state index contributed by atoms with van der Waals surface area (Å²) < 4.78 is 10.9. The summed E-state index contributed by atoms with van der Waals surface area (Å²) in [6, 6.07) is 7.73. The quantitative estimate of drug-likeness (QED) is 0.873. The van der Waals surface area contributed by atoms with E-state index in [-0.39, 0.29) is 6.10 Å². The van der Waals surface area contributed by atoms with Crippen LogP contribution in [0.2, 0.25) is 0 Å². The summed E-state index contributed by atoms with van der Waals surface area (Å²) in [7, 11) is 0. The molecule has 0 bridgehead atoms. The molecule has 1 aromatic carbocycles. The van der Waals surface area contributed by atoms with Gasteiger partial charge in [-0.2, -0.15) is 0 Å². The van der Waals surface area contributed by atoms with Crippen LogP contribution in [0.5, 0.6) is 5.75 Å². The predicted molar refractivity (Wildman–Crippen MR) is 70.7 cm³/mol. The van der Waals surface area contributed by atoms with E-state index < -0.39 is 6.10 Å². The molecule has 1 N–H and O–H groups in total. The molecule has 1 saturated heterocycles. The minimum absolute atomic E-state index is 0.177. The summed E-state index contributed by atoms with van der Waals surface area (Å²) in [5.74, 6) is 1.34. The highest BCUT2D eigenvalue weighted by atomic mass is 16.5. The molecule has 1 fully saturated rings. The van der Waals surface area contributed by atoms with Crippen molar-refractivity contribution in [1.29, 1.82) is 0 Å². The Morgan fingerprint density at radius 2 is 2.06 bits per heavy atom. The second-order valence-corrected chi connectivity index (χ2v) is 5.22. The van der Waals surface area contributed by atoms with Crippen LogP contribution in [0, 0.1) is 5.92 Å². The zero-order valence-electron chi connectivity index (χ0n) is 11.1. The number of ether oxygens (including phenoxy) is 2. The zero-order valence-corrected chi connectivity index (χ0v) is 11.1. The molecule has 3 nitrogen and oxygen atoms in total. The standard InChI is InChI=1S/C15H22O3/c1-11(2)18-14-5-3-13(4-6-14)15(16)9-12-7-8-17-10-12/h3-6,11-12,15-16H,7-10H2,1-2H3. The Kier molecular flexibility index (Phi) is 4.61. The first-order valence-electron chi connectivity index (χ1n) is 6.67. The van der Waals surface area contributed by atoms with Gasteiger partial charge in [0.1, 0.15) is 5.75 Å². The van der Waals surface area contributed by atoms with Crippen molar-refractivity contribution in [2.24, 2.45) is 5.92 Å². The van der Waals surface area contributed by atoms with Crippen molar-refractivity contribution in [1.82, 2.24) is 0 Å². The Balaban J connectivity index is 1.91. The highest BCUT2D eigenvalue weighted by Gasteiger charge is 2.20. The second kappa shape index (κ2) is 6.21. The van der Waals surface area contributed by atoms with Crippen LogP contribution < -0.4 is 4.74 Å². The minimum atomic E-state index is -0.398. The van der Waals surface area contributed by atoms with Crippen LogP contribution in [-0.4, -0.2) is 24.4 Å². The van der Waals surface area contributed by atoms with Gasteiger partial charge in [-0.05, 0) is 50.3 Å². The minimum Gasteiger partial charge on any atom is -0.491 e. The van der Waals surface area contributed by atoms with E-state index in [1.807, 2.05) is 38.1 Å². The molecule has 2 unspecified atom stereocenters. The van der Waals surface area contributed by atoms with Gasteiger partial charge in [0.25, 0.3) is 0 Å². The SMILES string of the molecule is CC(C)Oc1ccc(C(O)CC2CCOC2)cc1. The van der Waals surface area contributed by atoms with Crippen LogP contribution in [0.15, 0.2) is 24.3 Å². The van der Waals surface area contributed by atoms with E-state index in [9.17, 15) is 5.11 Å². The van der Waals surface area contributed by atoms with E-state index in [1.54, 1.807) is 0 Å². The Hall–Kier alpha value is -1.06. The van der Waals surface area contributed by atoms with Gasteiger partial charge in [-0.15, -0.1) is 0 Å². The van der Waals surface area contributed by atoms with E-state index in [0.717, 1.165) is 37.4 Å². The molecule has 0 spiro atoms. The zero-order chi connectivity index (χ0) is 13.0. The summed E-state index contributed by atoms with van der Waals surface area (Å²) in [4.78, 5) is 0. The first-order chi connectivity index (χ1) is 8.65. The number of benzene rings is 1. The first kappa shape index (κ1) is 13.4. The lowest BCUT2D eigenvalue weighted by atomic mass is 9.96. The number of rotatable bonds is 5. The molecular formula is C15H22O3. The number of hydrogen-bond donors (Lipinski definition) is 1. The van der Waals surface area contributed by atoms with Gasteiger partial charge in [0.05, 0.1) is 12.2 Å². The summed E-state index contributed by atoms with van der Waals surface area (Å²) in [6.07, 6.45) is 1.62. The molecule has 0 aromatic heterocycles. The normalized spacial score (nSPS) is 21.2. The lowest BCUT2D eigenvalue weighted by Gasteiger charge is -2.16. The third-order valence-electron chi connectivity index (χ3n) is 3.22. The van der Waals surface area contributed by atoms with E-state index in [2.05, 4.69) is 0 Å². The Labute approximate surface area is 109 Å². The van der Waals surface area contributed by atoms with Crippen molar-refractivity contribution < 1.29 is 14.6 Å². The van der Waals surface area contributed by atoms with Gasteiger partial charge in [-0.3, -0.25) is 0 Å². The largest absolute Gasteiger partial charge is 0.491 e. The molecule has 1 aromatic rings. The average molecular weight is 250 g/mol. The predicted octanol–water partition coefficient (Wildman–Crippen LogP) is 2.93. The first-order valence-corrected chi connectivity index (χ1v) is 6.67. The maximum atomic E-state index is 10.2. The van der Waals surface area contributed by atoms with Crippen LogP contribution in [0.3, 0.4) is 0 Å². The molecule has 0 amide bonds. The van der Waals surface area contributed by atoms with Crippen LogP contribution in [0.25, 0.3) is 0 Å². The topological polar surface area (TPSA) is 38.7 Å². The molecule has 2 rings (SSSR count). The van der Waals surface area contributed by atoms with Gasteiger partial charge in [-0.25, -0.2) is 0 Å². The van der Waals surface area contributed by atoms with E-state index in [0.29, 0.717) is 5.92 Å². The Morgan fingerprint density at radius 3 is 2.61 bits per heavy atom. The summed E-state index contributed by atoms with van der Waals surface area (Å²) in [6.45, 7) is 5.62. The van der Waals surface area contributed by atoms with E-state index in [4.69, 9.17) is 9.47 Å². The molecule has 0 radical (unpaired) electrons. The molecule has 1 aliphatic rings. The number of aliphatic hydroxyl groups is 1. The van der Waals surface area contributed by atoms with E-state index >= 15 is 0 Å². The van der Waals surface area contributed by atoms with Crippen LogP contribution >= 0.6 is 0 Å². The van der Waals surface area contributed by atoms with Gasteiger partial charge in [0.2, 0.25) is 0 Å². The Bertz CT molecular complexity index is 353. The Morgan fingerprint density at radius 1 is 1.33 bits per heavy atom. The summed E-state index contributed by atoms with van der Waals surface area (Å²) in [5, 5.41) is 10.2. The highest BCUT2D eigenvalue weighted by Crippen LogP contribution is 2.27. The molecule has 1 heterocycles. The van der Waals surface area contributed by atoms with Gasteiger partial charge in [-0.1, -0.05) is 12.1 Å². The molecule has 0 saturated carbocycles. The van der Waals surface area contributed by atoms with Crippen molar-refractivity contribution in [3.63, 3.8) is 0 Å². The van der Waals surface area contributed by atoms with Crippen molar-refractivity contribution in [2.75, 3.05) is 13.2 Å². The molecule has 18 heavy (non-hydrogen) atoms. The molecule has 3 heteroatoms. The summed E-state index contributed by atoms with van der Waals surface area (Å²) >= 11 is 0. The van der Waals surface area contributed by atoms with Crippen LogP contribution in [0.1, 0.15) is 38.4 Å². The maximum Gasteiger partial charge on any atom is 0.119 e. The van der Waals surface area contributed by atoms with Crippen LogP contribution in [0.4, 0.5) is 0 Å². The highest BCUT2D eigenvalue weighted by molar-refractivity contribution is 5.28. The smallest absolute Gasteiger partial charge is 0.119 e. The monoisotopic (exact) mass is 250 g/mol. The van der Waals surface area contributed by atoms with E-state index in [1.165, 1.54) is 0 Å². The van der Waals surface area contributed by atoms with Gasteiger partial charge >= 0.3 is 0 Å². The van der Waals surface area contributed by atoms with Gasteiger partial charge in [0, 0.05) is 13.2 Å². The van der Waals surface area contributed by atoms with Crippen molar-refractivity contribution in [3.8, 4) is 5.75 Å². The fourth-order valence-corrected chi connectivity index (χ4v) is 2.26. The molecule has 1 aliphatic heterocycles. The lowest BCUT2D eigenvalue weighted by molar-refractivity contribution is 0.129. The van der Waals surface area contributed by atoms with Crippen molar-refractivity contribution >= 4 is 0 Å². The fourth-order valence-electron chi connectivity index (χ4n) is 2.26. The van der Waals surface area contributed by atoms with Crippen LogP contribution in [-0.2, 0) is 4.74 Å². The molecule has 0 aliphatic carbocycles. The van der Waals surface area contributed by atoms with Crippen molar-refractivity contribution in [2.45, 2.75) is 38.9 Å². The number of aliphatic hydroxyl groups excluding tert-OH is 1. The maximum absolute atomic E-state index is 10.2. The molecule has 2 atom stereocenters. The van der Waals surface area contributed by atoms with Gasteiger partial charge < -0.3 is 14.6 Å². The third-order valence-corrected chi connectivity index (χ3v) is 3.22. The lowest BCUT2D eigenvalue weighted by Crippen LogP contribution is -2.08. The second-order valence-electron chi connectivity index (χ2n) is 5.22. The third kappa shape index (κ3) is 3.72. The average Bonchev–Trinajstić information content (AvgIpc) is 2.82. The molecule has 100 valence electrons.